The van der Waals surface area contributed by atoms with E-state index in [4.69, 9.17) is 14.2 Å². The minimum absolute atomic E-state index is 0.122. The second-order valence-corrected chi connectivity index (χ2v) is 4.72. The van der Waals surface area contributed by atoms with Crippen molar-refractivity contribution in [3.63, 3.8) is 0 Å². The van der Waals surface area contributed by atoms with Crippen LogP contribution in [0.2, 0.25) is 0 Å². The molecule has 0 aliphatic heterocycles. The topological polar surface area (TPSA) is 57.7 Å². The zero-order valence-corrected chi connectivity index (χ0v) is 12.7. The van der Waals surface area contributed by atoms with Crippen LogP contribution in [0.25, 0.3) is 10.9 Å². The summed E-state index contributed by atoms with van der Waals surface area (Å²) in [5, 5.41) is 0.821. The van der Waals surface area contributed by atoms with Gasteiger partial charge in [0.1, 0.15) is 17.0 Å². The fourth-order valence-electron chi connectivity index (χ4n) is 2.14. The molecular weight excluding hydrogens is 270 g/mol. The molecule has 0 aliphatic carbocycles. The number of aryl methyl sites for hydroxylation is 2. The normalized spacial score (nSPS) is 10.5. The Morgan fingerprint density at radius 3 is 2.62 bits per heavy atom. The number of pyridine rings is 1. The highest BCUT2D eigenvalue weighted by molar-refractivity contribution is 5.91. The van der Waals surface area contributed by atoms with Crippen molar-refractivity contribution in [3.05, 3.63) is 29.5 Å². The molecule has 5 nitrogen and oxygen atoms in total. The minimum Gasteiger partial charge on any atom is -0.494 e. The van der Waals surface area contributed by atoms with Gasteiger partial charge in [-0.05, 0) is 38.5 Å². The lowest BCUT2D eigenvalue weighted by Gasteiger charge is -2.12. The van der Waals surface area contributed by atoms with Gasteiger partial charge in [0, 0.05) is 17.1 Å². The summed E-state index contributed by atoms with van der Waals surface area (Å²) < 4.78 is 15.8. The van der Waals surface area contributed by atoms with Crippen molar-refractivity contribution in [2.75, 3.05) is 20.3 Å². The number of ether oxygens (including phenoxy) is 3. The van der Waals surface area contributed by atoms with Gasteiger partial charge in [0.25, 0.3) is 0 Å². The van der Waals surface area contributed by atoms with Gasteiger partial charge in [-0.2, -0.15) is 0 Å². The van der Waals surface area contributed by atoms with Gasteiger partial charge >= 0.3 is 5.97 Å². The average molecular weight is 289 g/mol. The van der Waals surface area contributed by atoms with Gasteiger partial charge in [-0.15, -0.1) is 0 Å². The summed E-state index contributed by atoms with van der Waals surface area (Å²) in [5.41, 5.74) is 2.55. The number of carbonyl (C=O) groups excluding carboxylic acids is 1. The number of rotatable bonds is 5. The van der Waals surface area contributed by atoms with Crippen molar-refractivity contribution in [2.45, 2.75) is 20.8 Å². The summed E-state index contributed by atoms with van der Waals surface area (Å²) >= 11 is 0. The maximum atomic E-state index is 11.4. The monoisotopic (exact) mass is 289 g/mol. The summed E-state index contributed by atoms with van der Waals surface area (Å²) in [6.07, 6.45) is 0. The van der Waals surface area contributed by atoms with Crippen molar-refractivity contribution < 1.29 is 19.0 Å². The highest BCUT2D eigenvalue weighted by atomic mass is 16.6. The molecule has 1 aromatic carbocycles. The van der Waals surface area contributed by atoms with Crippen molar-refractivity contribution >= 4 is 16.9 Å². The second kappa shape index (κ2) is 6.43. The van der Waals surface area contributed by atoms with Crippen molar-refractivity contribution in [2.24, 2.45) is 0 Å². The van der Waals surface area contributed by atoms with Gasteiger partial charge in [0.05, 0.1) is 13.7 Å². The lowest BCUT2D eigenvalue weighted by molar-refractivity contribution is -0.145. The van der Waals surface area contributed by atoms with Crippen LogP contribution in [0.4, 0.5) is 0 Å². The van der Waals surface area contributed by atoms with E-state index >= 15 is 0 Å². The molecule has 0 fully saturated rings. The van der Waals surface area contributed by atoms with Crippen LogP contribution in [0.3, 0.4) is 0 Å². The summed E-state index contributed by atoms with van der Waals surface area (Å²) in [6.45, 7) is 5.82. The first-order chi connectivity index (χ1) is 10.0. The number of esters is 1. The standard InChI is InChI=1S/C16H19NO4/c1-5-20-15(18)9-21-13-8-11(3)17-16-12(13)6-10(2)7-14(16)19-4/h6-8H,5,9H2,1-4H3. The van der Waals surface area contributed by atoms with Crippen LogP contribution in [0.15, 0.2) is 18.2 Å². The molecule has 1 heterocycles. The van der Waals surface area contributed by atoms with Crippen molar-refractivity contribution in [1.29, 1.82) is 0 Å². The largest absolute Gasteiger partial charge is 0.494 e. The fourth-order valence-corrected chi connectivity index (χ4v) is 2.14. The molecule has 1 aromatic heterocycles. The number of benzene rings is 1. The Bertz CT molecular complexity index is 667. The summed E-state index contributed by atoms with van der Waals surface area (Å²) in [4.78, 5) is 15.9. The molecule has 0 saturated heterocycles. The molecule has 5 heteroatoms. The lowest BCUT2D eigenvalue weighted by Crippen LogP contribution is -2.14. The quantitative estimate of drug-likeness (QED) is 0.792. The van der Waals surface area contributed by atoms with Gasteiger partial charge in [-0.25, -0.2) is 9.78 Å². The van der Waals surface area contributed by atoms with Gasteiger partial charge in [0.2, 0.25) is 0 Å². The number of fused-ring (bicyclic) bond motifs is 1. The molecule has 0 amide bonds. The van der Waals surface area contributed by atoms with Gasteiger partial charge in [-0.3, -0.25) is 0 Å². The third-order valence-electron chi connectivity index (χ3n) is 2.98. The summed E-state index contributed by atoms with van der Waals surface area (Å²) in [6, 6.07) is 5.69. The number of aromatic nitrogens is 1. The molecule has 0 radical (unpaired) electrons. The Balaban J connectivity index is 2.43. The highest BCUT2D eigenvalue weighted by Gasteiger charge is 2.12. The molecule has 21 heavy (non-hydrogen) atoms. The molecule has 0 atom stereocenters. The van der Waals surface area contributed by atoms with Crippen LogP contribution in [0.5, 0.6) is 11.5 Å². The van der Waals surface area contributed by atoms with E-state index in [1.165, 1.54) is 0 Å². The van der Waals surface area contributed by atoms with Gasteiger partial charge in [-0.1, -0.05) is 0 Å². The second-order valence-electron chi connectivity index (χ2n) is 4.72. The Hall–Kier alpha value is -2.30. The number of carbonyl (C=O) groups is 1. The van der Waals surface area contributed by atoms with Crippen LogP contribution >= 0.6 is 0 Å². The molecule has 0 saturated carbocycles. The first-order valence-corrected chi connectivity index (χ1v) is 6.79. The molecule has 2 aromatic rings. The van der Waals surface area contributed by atoms with Gasteiger partial charge in [0.15, 0.2) is 6.61 Å². The zero-order valence-electron chi connectivity index (χ0n) is 12.7. The maximum Gasteiger partial charge on any atom is 0.344 e. The lowest BCUT2D eigenvalue weighted by atomic mass is 10.1. The molecule has 0 unspecified atom stereocenters. The molecule has 0 aliphatic rings. The smallest absolute Gasteiger partial charge is 0.344 e. The third-order valence-corrected chi connectivity index (χ3v) is 2.98. The van der Waals surface area contributed by atoms with Crippen LogP contribution in [0, 0.1) is 13.8 Å². The van der Waals surface area contributed by atoms with E-state index in [0.29, 0.717) is 18.1 Å². The Labute approximate surface area is 123 Å². The average Bonchev–Trinajstić information content (AvgIpc) is 2.45. The Kier molecular flexibility index (Phi) is 4.62. The van der Waals surface area contributed by atoms with Crippen LogP contribution in [0.1, 0.15) is 18.2 Å². The van der Waals surface area contributed by atoms with Crippen LogP contribution < -0.4 is 9.47 Å². The summed E-state index contributed by atoms with van der Waals surface area (Å²) in [7, 11) is 1.61. The number of hydrogen-bond acceptors (Lipinski definition) is 5. The van der Waals surface area contributed by atoms with E-state index in [2.05, 4.69) is 4.98 Å². The summed E-state index contributed by atoms with van der Waals surface area (Å²) in [5.74, 6) is 0.905. The van der Waals surface area contributed by atoms with Crippen molar-refractivity contribution in [1.82, 2.24) is 4.98 Å². The van der Waals surface area contributed by atoms with E-state index in [1.54, 1.807) is 20.1 Å². The van der Waals surface area contributed by atoms with Crippen molar-refractivity contribution in [3.8, 4) is 11.5 Å². The first kappa shape index (κ1) is 15.1. The predicted octanol–water partition coefficient (Wildman–Crippen LogP) is 2.80. The molecule has 0 bridgehead atoms. The van der Waals surface area contributed by atoms with Gasteiger partial charge < -0.3 is 14.2 Å². The first-order valence-electron chi connectivity index (χ1n) is 6.79. The van der Waals surface area contributed by atoms with E-state index in [0.717, 1.165) is 22.2 Å². The number of hydrogen-bond donors (Lipinski definition) is 0. The fraction of sp³-hybridized carbons (Fsp3) is 0.375. The molecule has 112 valence electrons. The third kappa shape index (κ3) is 3.42. The molecule has 0 spiro atoms. The van der Waals surface area contributed by atoms with E-state index < -0.39 is 0 Å². The minimum atomic E-state index is -0.389. The maximum absolute atomic E-state index is 11.4. The molecular formula is C16H19NO4. The molecule has 2 rings (SSSR count). The van der Waals surface area contributed by atoms with E-state index in [9.17, 15) is 4.79 Å². The SMILES string of the molecule is CCOC(=O)COc1cc(C)nc2c(OC)cc(C)cc12. The number of methoxy groups -OCH3 is 1. The Morgan fingerprint density at radius 1 is 1.19 bits per heavy atom. The Morgan fingerprint density at radius 2 is 1.95 bits per heavy atom. The van der Waals surface area contributed by atoms with E-state index in [1.807, 2.05) is 26.0 Å². The highest BCUT2D eigenvalue weighted by Crippen LogP contribution is 2.32. The zero-order chi connectivity index (χ0) is 15.4. The molecule has 0 N–H and O–H groups in total. The van der Waals surface area contributed by atoms with Crippen LogP contribution in [-0.2, 0) is 9.53 Å². The van der Waals surface area contributed by atoms with Crippen LogP contribution in [-0.4, -0.2) is 31.3 Å². The predicted molar refractivity (Wildman–Crippen MR) is 79.9 cm³/mol. The van der Waals surface area contributed by atoms with E-state index in [-0.39, 0.29) is 12.6 Å². The number of nitrogens with zero attached hydrogens (tertiary/aromatic N) is 1.